The monoisotopic (exact) mass is 422 g/mol. The van der Waals surface area contributed by atoms with Crippen LogP contribution in [0.5, 0.6) is 0 Å². The second-order valence-electron chi connectivity index (χ2n) is 7.62. The van der Waals surface area contributed by atoms with Crippen molar-refractivity contribution in [1.29, 1.82) is 0 Å². The average Bonchev–Trinajstić information content (AvgIpc) is 3.06. The topological polar surface area (TPSA) is 76.0 Å². The molecule has 2 amide bonds. The number of benzene rings is 2. The first-order valence-electron chi connectivity index (χ1n) is 10.3. The van der Waals surface area contributed by atoms with E-state index in [1.165, 1.54) is 12.1 Å². The Bertz CT molecular complexity index is 1090. The molecule has 3 rings (SSSR count). The predicted octanol–water partition coefficient (Wildman–Crippen LogP) is 4.54. The fourth-order valence-corrected chi connectivity index (χ4v) is 3.29. The highest BCUT2D eigenvalue weighted by Crippen LogP contribution is 2.19. The molecule has 0 bridgehead atoms. The molecule has 2 aromatic carbocycles. The Kier molecular flexibility index (Phi) is 6.84. The van der Waals surface area contributed by atoms with Gasteiger partial charge in [-0.2, -0.15) is 5.10 Å². The van der Waals surface area contributed by atoms with Crippen LogP contribution in [0, 0.1) is 25.6 Å². The Balaban J connectivity index is 1.71. The second kappa shape index (κ2) is 9.55. The van der Waals surface area contributed by atoms with Gasteiger partial charge in [0.25, 0.3) is 5.91 Å². The van der Waals surface area contributed by atoms with E-state index in [2.05, 4.69) is 15.7 Å². The molecule has 0 aliphatic carbocycles. The third-order valence-corrected chi connectivity index (χ3v) is 5.30. The second-order valence-corrected chi connectivity index (χ2v) is 7.62. The molecule has 0 fully saturated rings. The molecule has 31 heavy (non-hydrogen) atoms. The molecule has 0 aliphatic rings. The van der Waals surface area contributed by atoms with E-state index in [0.717, 1.165) is 12.0 Å². The number of anilines is 1. The fraction of sp³-hybridized carbons (Fsp3) is 0.292. The van der Waals surface area contributed by atoms with Gasteiger partial charge in [-0.15, -0.1) is 0 Å². The first-order chi connectivity index (χ1) is 14.8. The van der Waals surface area contributed by atoms with Crippen LogP contribution in [-0.2, 0) is 11.3 Å². The molecule has 6 nitrogen and oxygen atoms in total. The SMILES string of the molecule is CCC(C)C(=O)Nc1cccc(CNC(=O)c2c(C)nn(-c3ccc(F)cc3)c2C)c1. The van der Waals surface area contributed by atoms with Crippen LogP contribution in [0.1, 0.15) is 47.6 Å². The molecule has 1 unspecified atom stereocenters. The highest BCUT2D eigenvalue weighted by atomic mass is 19.1. The molecule has 0 saturated carbocycles. The van der Waals surface area contributed by atoms with Crippen LogP contribution in [0.2, 0.25) is 0 Å². The maximum absolute atomic E-state index is 13.2. The predicted molar refractivity (Wildman–Crippen MR) is 119 cm³/mol. The van der Waals surface area contributed by atoms with Crippen LogP contribution < -0.4 is 10.6 Å². The Labute approximate surface area is 181 Å². The minimum absolute atomic E-state index is 0.0249. The number of hydrogen-bond acceptors (Lipinski definition) is 3. The van der Waals surface area contributed by atoms with E-state index in [0.29, 0.717) is 34.9 Å². The van der Waals surface area contributed by atoms with E-state index in [-0.39, 0.29) is 23.5 Å². The molecule has 7 heteroatoms. The molecule has 0 spiro atoms. The zero-order valence-electron chi connectivity index (χ0n) is 18.2. The summed E-state index contributed by atoms with van der Waals surface area (Å²) < 4.78 is 14.8. The van der Waals surface area contributed by atoms with Crippen molar-refractivity contribution in [3.8, 4) is 5.69 Å². The molecule has 1 atom stereocenters. The van der Waals surface area contributed by atoms with Crippen molar-refractivity contribution in [2.45, 2.75) is 40.7 Å². The highest BCUT2D eigenvalue weighted by Gasteiger charge is 2.19. The number of hydrogen-bond donors (Lipinski definition) is 2. The van der Waals surface area contributed by atoms with Gasteiger partial charge < -0.3 is 10.6 Å². The number of halogens is 1. The summed E-state index contributed by atoms with van der Waals surface area (Å²) in [6.07, 6.45) is 0.770. The molecule has 0 radical (unpaired) electrons. The summed E-state index contributed by atoms with van der Waals surface area (Å²) >= 11 is 0. The standard InChI is InChI=1S/C24H27FN4O2/c1-5-15(2)23(30)27-20-8-6-7-18(13-20)14-26-24(31)22-16(3)28-29(17(22)4)21-11-9-19(25)10-12-21/h6-13,15H,5,14H2,1-4H3,(H,26,31)(H,27,30). The lowest BCUT2D eigenvalue weighted by Crippen LogP contribution is -2.24. The van der Waals surface area contributed by atoms with Gasteiger partial charge in [0.1, 0.15) is 5.82 Å². The average molecular weight is 423 g/mol. The van der Waals surface area contributed by atoms with Crippen LogP contribution in [0.25, 0.3) is 5.69 Å². The largest absolute Gasteiger partial charge is 0.348 e. The molecule has 3 aromatic rings. The first-order valence-corrected chi connectivity index (χ1v) is 10.3. The zero-order valence-corrected chi connectivity index (χ0v) is 18.2. The van der Waals surface area contributed by atoms with Gasteiger partial charge in [-0.05, 0) is 62.2 Å². The zero-order chi connectivity index (χ0) is 22.5. The van der Waals surface area contributed by atoms with Crippen LogP contribution >= 0.6 is 0 Å². The number of nitrogens with zero attached hydrogens (tertiary/aromatic N) is 2. The lowest BCUT2D eigenvalue weighted by Gasteiger charge is -2.11. The van der Waals surface area contributed by atoms with Crippen molar-refractivity contribution in [2.24, 2.45) is 5.92 Å². The maximum atomic E-state index is 13.2. The Hall–Kier alpha value is -3.48. The summed E-state index contributed by atoms with van der Waals surface area (Å²) in [5, 5.41) is 10.3. The van der Waals surface area contributed by atoms with Crippen LogP contribution in [-0.4, -0.2) is 21.6 Å². The number of amides is 2. The Morgan fingerprint density at radius 2 is 1.84 bits per heavy atom. The van der Waals surface area contributed by atoms with Crippen molar-refractivity contribution >= 4 is 17.5 Å². The molecule has 1 heterocycles. The molecule has 0 saturated heterocycles. The van der Waals surface area contributed by atoms with E-state index < -0.39 is 0 Å². The molecular formula is C24H27FN4O2. The van der Waals surface area contributed by atoms with E-state index in [4.69, 9.17) is 0 Å². The summed E-state index contributed by atoms with van der Waals surface area (Å²) in [7, 11) is 0. The van der Waals surface area contributed by atoms with Gasteiger partial charge in [0.15, 0.2) is 0 Å². The van der Waals surface area contributed by atoms with Crippen molar-refractivity contribution in [3.63, 3.8) is 0 Å². The first kappa shape index (κ1) is 22.2. The molecule has 0 aliphatic heterocycles. The molecule has 1 aromatic heterocycles. The van der Waals surface area contributed by atoms with Crippen molar-refractivity contribution < 1.29 is 14.0 Å². The quantitative estimate of drug-likeness (QED) is 0.587. The van der Waals surface area contributed by atoms with Crippen molar-refractivity contribution in [3.05, 3.63) is 76.9 Å². The number of rotatable bonds is 7. The van der Waals surface area contributed by atoms with Gasteiger partial charge >= 0.3 is 0 Å². The summed E-state index contributed by atoms with van der Waals surface area (Å²) in [6, 6.07) is 13.4. The molecule has 162 valence electrons. The number of nitrogens with one attached hydrogen (secondary N) is 2. The van der Waals surface area contributed by atoms with Gasteiger partial charge in [0.2, 0.25) is 5.91 Å². The minimum atomic E-state index is -0.328. The molecular weight excluding hydrogens is 395 g/mol. The van der Waals surface area contributed by atoms with Crippen molar-refractivity contribution in [1.82, 2.24) is 15.1 Å². The lowest BCUT2D eigenvalue weighted by molar-refractivity contribution is -0.119. The van der Waals surface area contributed by atoms with Gasteiger partial charge in [-0.1, -0.05) is 26.0 Å². The minimum Gasteiger partial charge on any atom is -0.348 e. The number of aryl methyl sites for hydroxylation is 1. The third kappa shape index (κ3) is 5.17. The normalized spacial score (nSPS) is 11.8. The van der Waals surface area contributed by atoms with E-state index in [9.17, 15) is 14.0 Å². The number of aromatic nitrogens is 2. The fourth-order valence-electron chi connectivity index (χ4n) is 3.29. The third-order valence-electron chi connectivity index (χ3n) is 5.30. The molecule has 2 N–H and O–H groups in total. The van der Waals surface area contributed by atoms with Gasteiger partial charge in [0.05, 0.1) is 22.6 Å². The van der Waals surface area contributed by atoms with Crippen LogP contribution in [0.4, 0.5) is 10.1 Å². The summed E-state index contributed by atoms with van der Waals surface area (Å²) in [5.74, 6) is -0.654. The number of carbonyl (C=O) groups is 2. The smallest absolute Gasteiger partial charge is 0.255 e. The van der Waals surface area contributed by atoms with Crippen LogP contribution in [0.3, 0.4) is 0 Å². The summed E-state index contributed by atoms with van der Waals surface area (Å²) in [6.45, 7) is 7.75. The van der Waals surface area contributed by atoms with Gasteiger partial charge in [0, 0.05) is 18.2 Å². The summed E-state index contributed by atoms with van der Waals surface area (Å²) in [5.41, 5.74) is 4.02. The van der Waals surface area contributed by atoms with Crippen LogP contribution in [0.15, 0.2) is 48.5 Å². The maximum Gasteiger partial charge on any atom is 0.255 e. The van der Waals surface area contributed by atoms with Gasteiger partial charge in [-0.25, -0.2) is 9.07 Å². The van der Waals surface area contributed by atoms with Gasteiger partial charge in [-0.3, -0.25) is 9.59 Å². The van der Waals surface area contributed by atoms with Crippen molar-refractivity contribution in [2.75, 3.05) is 5.32 Å². The van der Waals surface area contributed by atoms with E-state index >= 15 is 0 Å². The lowest BCUT2D eigenvalue weighted by atomic mass is 10.1. The Morgan fingerprint density at radius 1 is 1.13 bits per heavy atom. The Morgan fingerprint density at radius 3 is 2.52 bits per heavy atom. The van der Waals surface area contributed by atoms with E-state index in [1.54, 1.807) is 23.7 Å². The summed E-state index contributed by atoms with van der Waals surface area (Å²) in [4.78, 5) is 25.0. The highest BCUT2D eigenvalue weighted by molar-refractivity contribution is 5.96. The van der Waals surface area contributed by atoms with E-state index in [1.807, 2.05) is 45.0 Å². The number of carbonyl (C=O) groups excluding carboxylic acids is 2.